The number of H-pyrrole nitrogens is 1. The van der Waals surface area contributed by atoms with Crippen molar-refractivity contribution in [3.05, 3.63) is 36.0 Å². The Kier molecular flexibility index (Phi) is 3.37. The lowest BCUT2D eigenvalue weighted by Crippen LogP contribution is -2.16. The van der Waals surface area contributed by atoms with E-state index in [4.69, 9.17) is 0 Å². The SMILES string of the molecule is CC(C)[C@H]1SCC(=O)Nc2c1cnn2-c1nc2ccccc2[nH]1. The third-order valence-electron chi connectivity index (χ3n) is 3.94. The molecule has 1 amide bonds. The molecular weight excluding hydrogens is 310 g/mol. The second kappa shape index (κ2) is 5.42. The third kappa shape index (κ3) is 2.41. The first-order valence-electron chi connectivity index (χ1n) is 7.58. The Bertz CT molecular complexity index is 849. The van der Waals surface area contributed by atoms with E-state index in [0.29, 0.717) is 17.6 Å². The molecule has 7 heteroatoms. The van der Waals surface area contributed by atoms with Crippen molar-refractivity contribution in [3.8, 4) is 5.95 Å². The fourth-order valence-corrected chi connectivity index (χ4v) is 4.01. The zero-order chi connectivity index (χ0) is 16.0. The minimum absolute atomic E-state index is 0.00254. The minimum atomic E-state index is -0.00254. The quantitative estimate of drug-likeness (QED) is 0.758. The van der Waals surface area contributed by atoms with Crippen molar-refractivity contribution in [1.29, 1.82) is 0 Å². The van der Waals surface area contributed by atoms with E-state index in [1.807, 2.05) is 30.5 Å². The summed E-state index contributed by atoms with van der Waals surface area (Å²) in [5.74, 6) is 2.20. The summed E-state index contributed by atoms with van der Waals surface area (Å²) in [6.45, 7) is 4.32. The number of aromatic amines is 1. The molecule has 3 heterocycles. The number of carbonyl (C=O) groups excluding carboxylic acids is 1. The summed E-state index contributed by atoms with van der Waals surface area (Å²) in [7, 11) is 0. The van der Waals surface area contributed by atoms with Gasteiger partial charge in [-0.05, 0) is 18.1 Å². The Labute approximate surface area is 137 Å². The fraction of sp³-hybridized carbons (Fsp3) is 0.312. The number of imidazole rings is 1. The number of para-hydroxylation sites is 2. The van der Waals surface area contributed by atoms with Crippen LogP contribution in [0.2, 0.25) is 0 Å². The number of hydrogen-bond acceptors (Lipinski definition) is 4. The van der Waals surface area contributed by atoms with Gasteiger partial charge in [0.15, 0.2) is 0 Å². The smallest absolute Gasteiger partial charge is 0.235 e. The molecule has 118 valence electrons. The Morgan fingerprint density at radius 3 is 2.96 bits per heavy atom. The summed E-state index contributed by atoms with van der Waals surface area (Å²) in [6, 6.07) is 7.83. The van der Waals surface area contributed by atoms with Gasteiger partial charge in [0, 0.05) is 10.8 Å². The predicted molar refractivity (Wildman–Crippen MR) is 91.9 cm³/mol. The molecule has 2 aromatic heterocycles. The largest absolute Gasteiger partial charge is 0.322 e. The predicted octanol–water partition coefficient (Wildman–Crippen LogP) is 3.13. The molecule has 0 spiro atoms. The molecule has 0 fully saturated rings. The van der Waals surface area contributed by atoms with Crippen LogP contribution in [0.4, 0.5) is 5.82 Å². The zero-order valence-electron chi connectivity index (χ0n) is 12.9. The minimum Gasteiger partial charge on any atom is -0.322 e. The number of nitrogens with one attached hydrogen (secondary N) is 2. The highest BCUT2D eigenvalue weighted by molar-refractivity contribution is 8.00. The summed E-state index contributed by atoms with van der Waals surface area (Å²) in [4.78, 5) is 19.9. The van der Waals surface area contributed by atoms with Crippen molar-refractivity contribution in [3.63, 3.8) is 0 Å². The fourth-order valence-electron chi connectivity index (χ4n) is 2.87. The van der Waals surface area contributed by atoms with Gasteiger partial charge in [0.2, 0.25) is 11.9 Å². The van der Waals surface area contributed by atoms with Gasteiger partial charge in [0.1, 0.15) is 5.82 Å². The summed E-state index contributed by atoms with van der Waals surface area (Å²) < 4.78 is 1.69. The number of anilines is 1. The molecule has 3 aromatic rings. The molecule has 2 N–H and O–H groups in total. The van der Waals surface area contributed by atoms with Crippen LogP contribution in [0.25, 0.3) is 17.0 Å². The number of nitrogens with zero attached hydrogens (tertiary/aromatic N) is 3. The standard InChI is InChI=1S/C16H17N5OS/c1-9(2)14-10-7-17-21(15(10)20-13(22)8-23-14)16-18-11-5-3-4-6-12(11)19-16/h3-7,9,14H,8H2,1-2H3,(H,18,19)(H,20,22)/t14-/m1/s1. The topological polar surface area (TPSA) is 75.6 Å². The van der Waals surface area contributed by atoms with E-state index in [0.717, 1.165) is 22.4 Å². The second-order valence-corrected chi connectivity index (χ2v) is 7.09. The van der Waals surface area contributed by atoms with Crippen molar-refractivity contribution in [2.24, 2.45) is 5.92 Å². The van der Waals surface area contributed by atoms with Crippen LogP contribution in [0.15, 0.2) is 30.5 Å². The number of benzene rings is 1. The summed E-state index contributed by atoms with van der Waals surface area (Å²) in [5, 5.41) is 7.68. The van der Waals surface area contributed by atoms with Crippen LogP contribution in [0.3, 0.4) is 0 Å². The van der Waals surface area contributed by atoms with Crippen LogP contribution in [0.1, 0.15) is 24.7 Å². The molecule has 6 nitrogen and oxygen atoms in total. The Hall–Kier alpha value is -2.28. The van der Waals surface area contributed by atoms with Gasteiger partial charge >= 0.3 is 0 Å². The van der Waals surface area contributed by atoms with E-state index in [1.165, 1.54) is 0 Å². The lowest BCUT2D eigenvalue weighted by molar-refractivity contribution is -0.113. The van der Waals surface area contributed by atoms with Gasteiger partial charge in [-0.1, -0.05) is 26.0 Å². The average Bonchev–Trinajstić information content (AvgIpc) is 3.07. The number of hydrogen-bond donors (Lipinski definition) is 2. The van der Waals surface area contributed by atoms with E-state index in [1.54, 1.807) is 16.4 Å². The molecule has 1 aliphatic rings. The van der Waals surface area contributed by atoms with Crippen LogP contribution >= 0.6 is 11.8 Å². The number of thioether (sulfide) groups is 1. The Balaban J connectivity index is 1.86. The Morgan fingerprint density at radius 2 is 2.17 bits per heavy atom. The molecule has 23 heavy (non-hydrogen) atoms. The zero-order valence-corrected chi connectivity index (χ0v) is 13.7. The molecule has 1 atom stereocenters. The van der Waals surface area contributed by atoms with Crippen molar-refractivity contribution >= 4 is 34.5 Å². The number of carbonyl (C=O) groups is 1. The van der Waals surface area contributed by atoms with E-state index < -0.39 is 0 Å². The maximum absolute atomic E-state index is 12.1. The monoisotopic (exact) mass is 327 g/mol. The highest BCUT2D eigenvalue weighted by atomic mass is 32.2. The lowest BCUT2D eigenvalue weighted by atomic mass is 10.0. The maximum atomic E-state index is 12.1. The van der Waals surface area contributed by atoms with Crippen molar-refractivity contribution in [2.75, 3.05) is 11.1 Å². The summed E-state index contributed by atoms with van der Waals surface area (Å²) in [6.07, 6.45) is 1.84. The van der Waals surface area contributed by atoms with E-state index >= 15 is 0 Å². The van der Waals surface area contributed by atoms with Gasteiger partial charge in [-0.2, -0.15) is 9.78 Å². The van der Waals surface area contributed by atoms with Crippen LogP contribution in [-0.2, 0) is 4.79 Å². The number of fused-ring (bicyclic) bond motifs is 2. The average molecular weight is 327 g/mol. The number of amides is 1. The van der Waals surface area contributed by atoms with Crippen LogP contribution in [-0.4, -0.2) is 31.4 Å². The van der Waals surface area contributed by atoms with E-state index in [-0.39, 0.29) is 11.2 Å². The van der Waals surface area contributed by atoms with Crippen LogP contribution in [0, 0.1) is 5.92 Å². The molecular formula is C16H17N5OS. The second-order valence-electron chi connectivity index (χ2n) is 5.96. The first-order chi connectivity index (χ1) is 11.1. The van der Waals surface area contributed by atoms with Gasteiger partial charge in [0.25, 0.3) is 0 Å². The molecule has 4 rings (SSSR count). The van der Waals surface area contributed by atoms with Crippen molar-refractivity contribution in [1.82, 2.24) is 19.7 Å². The van der Waals surface area contributed by atoms with Gasteiger partial charge < -0.3 is 10.3 Å². The first-order valence-corrected chi connectivity index (χ1v) is 8.63. The molecule has 0 bridgehead atoms. The lowest BCUT2D eigenvalue weighted by Gasteiger charge is -2.17. The molecule has 0 unspecified atom stereocenters. The van der Waals surface area contributed by atoms with E-state index in [2.05, 4.69) is 34.2 Å². The summed E-state index contributed by atoms with van der Waals surface area (Å²) in [5.41, 5.74) is 2.87. The maximum Gasteiger partial charge on any atom is 0.235 e. The highest BCUT2D eigenvalue weighted by Gasteiger charge is 2.29. The number of aromatic nitrogens is 4. The Morgan fingerprint density at radius 1 is 1.35 bits per heavy atom. The molecule has 1 aliphatic heterocycles. The molecule has 0 saturated heterocycles. The third-order valence-corrected chi connectivity index (χ3v) is 5.53. The molecule has 0 aliphatic carbocycles. The molecule has 1 aromatic carbocycles. The molecule has 0 radical (unpaired) electrons. The molecule has 0 saturated carbocycles. The summed E-state index contributed by atoms with van der Waals surface area (Å²) >= 11 is 1.66. The van der Waals surface area contributed by atoms with E-state index in [9.17, 15) is 4.79 Å². The number of rotatable bonds is 2. The van der Waals surface area contributed by atoms with Crippen LogP contribution < -0.4 is 5.32 Å². The van der Waals surface area contributed by atoms with Crippen molar-refractivity contribution in [2.45, 2.75) is 19.1 Å². The van der Waals surface area contributed by atoms with Crippen LogP contribution in [0.5, 0.6) is 0 Å². The first kappa shape index (κ1) is 14.3. The van der Waals surface area contributed by atoms with Gasteiger partial charge in [0.05, 0.1) is 23.0 Å². The highest BCUT2D eigenvalue weighted by Crippen LogP contribution is 2.41. The van der Waals surface area contributed by atoms with Gasteiger partial charge in [-0.3, -0.25) is 4.79 Å². The normalized spacial score (nSPS) is 18.0. The van der Waals surface area contributed by atoms with Gasteiger partial charge in [-0.25, -0.2) is 4.98 Å². The van der Waals surface area contributed by atoms with Gasteiger partial charge in [-0.15, -0.1) is 11.8 Å². The van der Waals surface area contributed by atoms with Crippen molar-refractivity contribution < 1.29 is 4.79 Å².